The van der Waals surface area contributed by atoms with Crippen molar-refractivity contribution in [2.45, 2.75) is 58.9 Å². The second kappa shape index (κ2) is 4.84. The van der Waals surface area contributed by atoms with Gasteiger partial charge in [-0.05, 0) is 38.1 Å². The van der Waals surface area contributed by atoms with Gasteiger partial charge in [-0.1, -0.05) is 27.2 Å². The molecule has 90 valence electrons. The van der Waals surface area contributed by atoms with Gasteiger partial charge in [0.05, 0.1) is 0 Å². The Labute approximate surface area is 95.2 Å². The molecule has 1 unspecified atom stereocenters. The van der Waals surface area contributed by atoms with Gasteiger partial charge in [-0.25, -0.2) is 0 Å². The molecular weight excluding hydrogens is 184 g/mol. The molecule has 1 aliphatic rings. The van der Waals surface area contributed by atoms with E-state index in [1.54, 1.807) is 0 Å². The van der Waals surface area contributed by atoms with E-state index in [9.17, 15) is 0 Å². The average Bonchev–Trinajstić information content (AvgIpc) is 1.99. The van der Waals surface area contributed by atoms with Crippen LogP contribution in [0.1, 0.15) is 53.4 Å². The van der Waals surface area contributed by atoms with Gasteiger partial charge in [0, 0.05) is 18.6 Å². The van der Waals surface area contributed by atoms with Crippen LogP contribution < -0.4 is 5.73 Å². The lowest BCUT2D eigenvalue weighted by Gasteiger charge is -2.41. The average molecular weight is 212 g/mol. The molecule has 0 aliphatic carbocycles. The van der Waals surface area contributed by atoms with Crippen LogP contribution in [0.3, 0.4) is 0 Å². The third-order valence-electron chi connectivity index (χ3n) is 3.39. The van der Waals surface area contributed by atoms with E-state index >= 15 is 0 Å². The smallest absolute Gasteiger partial charge is 0.0254 e. The minimum absolute atomic E-state index is 0.00215. The van der Waals surface area contributed by atoms with Crippen LogP contribution in [0.25, 0.3) is 0 Å². The molecule has 1 aliphatic heterocycles. The zero-order valence-corrected chi connectivity index (χ0v) is 11.0. The molecule has 0 bridgehead atoms. The molecule has 2 nitrogen and oxygen atoms in total. The third-order valence-corrected chi connectivity index (χ3v) is 3.39. The molecule has 1 atom stereocenters. The van der Waals surface area contributed by atoms with Crippen molar-refractivity contribution in [3.05, 3.63) is 0 Å². The van der Waals surface area contributed by atoms with E-state index in [-0.39, 0.29) is 5.54 Å². The number of nitrogens with two attached hydrogens (primary N) is 1. The summed E-state index contributed by atoms with van der Waals surface area (Å²) in [4.78, 5) is 2.55. The number of likely N-dealkylation sites (tertiary alicyclic amines) is 1. The molecule has 2 heteroatoms. The zero-order chi connectivity index (χ0) is 11.5. The van der Waals surface area contributed by atoms with Crippen molar-refractivity contribution in [3.63, 3.8) is 0 Å². The van der Waals surface area contributed by atoms with Crippen LogP contribution in [-0.2, 0) is 0 Å². The second-order valence-electron chi connectivity index (χ2n) is 6.38. The molecule has 0 aromatic carbocycles. The van der Waals surface area contributed by atoms with Gasteiger partial charge in [0.1, 0.15) is 0 Å². The summed E-state index contributed by atoms with van der Waals surface area (Å²) in [7, 11) is 0. The van der Waals surface area contributed by atoms with Crippen LogP contribution in [0, 0.1) is 5.41 Å². The fraction of sp³-hybridized carbons (Fsp3) is 1.00. The molecule has 0 aromatic rings. The molecule has 0 saturated carbocycles. The van der Waals surface area contributed by atoms with Crippen LogP contribution in [0.5, 0.6) is 0 Å². The minimum atomic E-state index is 0.00215. The fourth-order valence-electron chi connectivity index (χ4n) is 2.84. The van der Waals surface area contributed by atoms with E-state index in [2.05, 4.69) is 32.6 Å². The van der Waals surface area contributed by atoms with Gasteiger partial charge < -0.3 is 10.6 Å². The molecular formula is C13H28N2. The molecule has 0 aromatic heterocycles. The van der Waals surface area contributed by atoms with Crippen LogP contribution in [0.4, 0.5) is 0 Å². The maximum Gasteiger partial charge on any atom is 0.0254 e. The summed E-state index contributed by atoms with van der Waals surface area (Å²) < 4.78 is 0. The maximum absolute atomic E-state index is 6.31. The summed E-state index contributed by atoms with van der Waals surface area (Å²) in [6, 6.07) is 0. The van der Waals surface area contributed by atoms with Crippen LogP contribution in [0.2, 0.25) is 0 Å². The molecule has 15 heavy (non-hydrogen) atoms. The minimum Gasteiger partial charge on any atom is -0.324 e. The number of hydrogen-bond acceptors (Lipinski definition) is 2. The molecule has 0 radical (unpaired) electrons. The van der Waals surface area contributed by atoms with Crippen molar-refractivity contribution >= 4 is 0 Å². The number of hydrogen-bond donors (Lipinski definition) is 1. The largest absolute Gasteiger partial charge is 0.324 e. The normalized spacial score (nSPS) is 26.2. The lowest BCUT2D eigenvalue weighted by atomic mass is 9.83. The van der Waals surface area contributed by atoms with Crippen molar-refractivity contribution in [2.24, 2.45) is 11.1 Å². The van der Waals surface area contributed by atoms with Crippen LogP contribution in [-0.4, -0.2) is 30.1 Å². The van der Waals surface area contributed by atoms with Gasteiger partial charge in [-0.15, -0.1) is 0 Å². The maximum atomic E-state index is 6.31. The van der Waals surface area contributed by atoms with Gasteiger partial charge in [0.25, 0.3) is 0 Å². The predicted molar refractivity (Wildman–Crippen MR) is 67.0 cm³/mol. The van der Waals surface area contributed by atoms with Crippen LogP contribution >= 0.6 is 0 Å². The first-order valence-electron chi connectivity index (χ1n) is 6.36. The topological polar surface area (TPSA) is 29.3 Å². The lowest BCUT2D eigenvalue weighted by Crippen LogP contribution is -2.51. The summed E-state index contributed by atoms with van der Waals surface area (Å²) in [5.41, 5.74) is 6.79. The molecule has 1 fully saturated rings. The number of nitrogens with zero attached hydrogens (tertiary/aromatic N) is 1. The van der Waals surface area contributed by atoms with Gasteiger partial charge in [0.2, 0.25) is 0 Å². The molecule has 2 N–H and O–H groups in total. The lowest BCUT2D eigenvalue weighted by molar-refractivity contribution is 0.0953. The van der Waals surface area contributed by atoms with Gasteiger partial charge in [0.15, 0.2) is 0 Å². The molecule has 1 heterocycles. The molecule has 0 spiro atoms. The number of piperidine rings is 1. The van der Waals surface area contributed by atoms with Gasteiger partial charge >= 0.3 is 0 Å². The summed E-state index contributed by atoms with van der Waals surface area (Å²) in [5.74, 6) is 0. The van der Waals surface area contributed by atoms with Crippen molar-refractivity contribution in [2.75, 3.05) is 19.6 Å². The van der Waals surface area contributed by atoms with Gasteiger partial charge in [-0.3, -0.25) is 0 Å². The highest BCUT2D eigenvalue weighted by Crippen LogP contribution is 2.29. The highest BCUT2D eigenvalue weighted by molar-refractivity contribution is 4.87. The Bertz CT molecular complexity index is 197. The van der Waals surface area contributed by atoms with Crippen molar-refractivity contribution in [3.8, 4) is 0 Å². The first-order chi connectivity index (χ1) is 6.85. The second-order valence-corrected chi connectivity index (χ2v) is 6.38. The third kappa shape index (κ3) is 4.52. The quantitative estimate of drug-likeness (QED) is 0.776. The van der Waals surface area contributed by atoms with Crippen LogP contribution in [0.15, 0.2) is 0 Å². The number of rotatable bonds is 4. The Kier molecular flexibility index (Phi) is 4.19. The Morgan fingerprint density at radius 3 is 2.60 bits per heavy atom. The Balaban J connectivity index is 2.44. The summed E-state index contributed by atoms with van der Waals surface area (Å²) in [5, 5.41) is 0. The van der Waals surface area contributed by atoms with E-state index in [0.717, 1.165) is 13.0 Å². The predicted octanol–water partition coefficient (Wildman–Crippen LogP) is 2.63. The van der Waals surface area contributed by atoms with E-state index in [1.165, 1.54) is 32.4 Å². The molecule has 1 saturated heterocycles. The van der Waals surface area contributed by atoms with E-state index in [1.807, 2.05) is 0 Å². The van der Waals surface area contributed by atoms with E-state index < -0.39 is 0 Å². The Morgan fingerprint density at radius 2 is 2.07 bits per heavy atom. The zero-order valence-electron chi connectivity index (χ0n) is 11.0. The summed E-state index contributed by atoms with van der Waals surface area (Å²) >= 11 is 0. The summed E-state index contributed by atoms with van der Waals surface area (Å²) in [6.07, 6.45) is 5.00. The Hall–Kier alpha value is -0.0800. The van der Waals surface area contributed by atoms with Crippen molar-refractivity contribution in [1.29, 1.82) is 0 Å². The van der Waals surface area contributed by atoms with E-state index in [4.69, 9.17) is 5.73 Å². The highest BCUT2D eigenvalue weighted by atomic mass is 15.2. The highest BCUT2D eigenvalue weighted by Gasteiger charge is 2.29. The van der Waals surface area contributed by atoms with Crippen molar-refractivity contribution < 1.29 is 0 Å². The standard InChI is InChI=1S/C13H28N2/c1-5-7-13(4,14)11-15-9-6-8-12(2,3)10-15/h5-11,14H2,1-4H3. The summed E-state index contributed by atoms with van der Waals surface area (Å²) in [6.45, 7) is 12.6. The Morgan fingerprint density at radius 1 is 1.40 bits per heavy atom. The molecule has 0 amide bonds. The first-order valence-corrected chi connectivity index (χ1v) is 6.36. The SMILES string of the molecule is CCCC(C)(N)CN1CCCC(C)(C)C1. The fourth-order valence-corrected chi connectivity index (χ4v) is 2.84. The monoisotopic (exact) mass is 212 g/mol. The first kappa shape index (κ1) is 13.0. The molecule has 1 rings (SSSR count). The van der Waals surface area contributed by atoms with E-state index in [0.29, 0.717) is 5.41 Å². The van der Waals surface area contributed by atoms with Crippen molar-refractivity contribution in [1.82, 2.24) is 4.90 Å². The van der Waals surface area contributed by atoms with Gasteiger partial charge in [-0.2, -0.15) is 0 Å².